The Balaban J connectivity index is 1.28. The zero-order chi connectivity index (χ0) is 24.5. The molecule has 0 atom stereocenters. The van der Waals surface area contributed by atoms with Crippen LogP contribution in [-0.2, 0) is 6.54 Å². The summed E-state index contributed by atoms with van der Waals surface area (Å²) in [6.07, 6.45) is 4.32. The molecule has 1 N–H and O–H groups in total. The van der Waals surface area contributed by atoms with E-state index >= 15 is 0 Å². The average molecular weight is 497 g/mol. The van der Waals surface area contributed by atoms with Gasteiger partial charge >= 0.3 is 0 Å². The van der Waals surface area contributed by atoms with E-state index in [0.717, 1.165) is 52.3 Å². The molecule has 2 amide bonds. The van der Waals surface area contributed by atoms with Crippen LogP contribution in [0.5, 0.6) is 0 Å². The Morgan fingerprint density at radius 1 is 1.00 bits per heavy atom. The van der Waals surface area contributed by atoms with Crippen LogP contribution in [0.3, 0.4) is 0 Å². The molecule has 4 aromatic rings. The number of carbonyl (C=O) groups excluding carboxylic acids is 2. The molecule has 7 nitrogen and oxygen atoms in total. The number of hydrogen-bond acceptors (Lipinski definition) is 6. The van der Waals surface area contributed by atoms with Crippen LogP contribution in [0.25, 0.3) is 11.4 Å². The molecule has 2 heterocycles. The van der Waals surface area contributed by atoms with Gasteiger partial charge in [-0.15, -0.1) is 0 Å². The maximum Gasteiger partial charge on any atom is 0.259 e. The number of amides is 2. The lowest BCUT2D eigenvalue weighted by molar-refractivity contribution is 0.0944. The molecule has 0 bridgehead atoms. The number of rotatable bonds is 5. The molecule has 8 heteroatoms. The van der Waals surface area contributed by atoms with Crippen molar-refractivity contribution in [2.24, 2.45) is 0 Å². The molecular weight excluding hydrogens is 472 g/mol. The van der Waals surface area contributed by atoms with E-state index in [4.69, 9.17) is 4.52 Å². The first-order valence-electron chi connectivity index (χ1n) is 12.1. The Morgan fingerprint density at radius 3 is 2.61 bits per heavy atom. The molecule has 0 spiro atoms. The van der Waals surface area contributed by atoms with Gasteiger partial charge in [0.2, 0.25) is 11.7 Å². The number of nitrogens with one attached hydrogen (secondary N) is 1. The predicted octanol–water partition coefficient (Wildman–Crippen LogP) is 5.72. The largest absolute Gasteiger partial charge is 0.343 e. The van der Waals surface area contributed by atoms with Crippen molar-refractivity contribution in [3.63, 3.8) is 0 Å². The second-order valence-corrected chi connectivity index (χ2v) is 10.0. The van der Waals surface area contributed by atoms with Crippen LogP contribution in [0, 0.1) is 0 Å². The van der Waals surface area contributed by atoms with Gasteiger partial charge in [-0.2, -0.15) is 4.98 Å². The summed E-state index contributed by atoms with van der Waals surface area (Å²) < 4.78 is 5.40. The summed E-state index contributed by atoms with van der Waals surface area (Å²) in [4.78, 5) is 34.3. The van der Waals surface area contributed by atoms with Gasteiger partial charge in [0.1, 0.15) is 0 Å². The zero-order valence-electron chi connectivity index (χ0n) is 19.5. The highest BCUT2D eigenvalue weighted by Gasteiger charge is 2.34. The Bertz CT molecular complexity index is 1430. The minimum atomic E-state index is -0.202. The third-order valence-corrected chi connectivity index (χ3v) is 7.75. The molecule has 36 heavy (non-hydrogen) atoms. The maximum atomic E-state index is 13.6. The summed E-state index contributed by atoms with van der Waals surface area (Å²) in [5.41, 5.74) is 3.03. The van der Waals surface area contributed by atoms with Crippen molar-refractivity contribution in [1.29, 1.82) is 0 Å². The van der Waals surface area contributed by atoms with Crippen LogP contribution in [0.4, 0.5) is 5.69 Å². The zero-order valence-corrected chi connectivity index (χ0v) is 20.3. The van der Waals surface area contributed by atoms with E-state index in [-0.39, 0.29) is 24.4 Å². The van der Waals surface area contributed by atoms with Gasteiger partial charge in [-0.1, -0.05) is 60.1 Å². The fraction of sp³-hybridized carbons (Fsp3) is 0.214. The van der Waals surface area contributed by atoms with Gasteiger partial charge in [-0.3, -0.25) is 9.59 Å². The van der Waals surface area contributed by atoms with Crippen molar-refractivity contribution in [2.45, 2.75) is 48.1 Å². The van der Waals surface area contributed by atoms with Gasteiger partial charge < -0.3 is 14.7 Å². The minimum Gasteiger partial charge on any atom is -0.343 e. The molecule has 1 aliphatic heterocycles. The van der Waals surface area contributed by atoms with Crippen LogP contribution in [0.1, 0.15) is 52.3 Å². The van der Waals surface area contributed by atoms with Crippen molar-refractivity contribution in [1.82, 2.24) is 15.5 Å². The van der Waals surface area contributed by atoms with Crippen molar-refractivity contribution in [3.8, 4) is 11.4 Å². The summed E-state index contributed by atoms with van der Waals surface area (Å²) in [7, 11) is 0. The van der Waals surface area contributed by atoms with Crippen LogP contribution in [-0.4, -0.2) is 28.0 Å². The summed E-state index contributed by atoms with van der Waals surface area (Å²) >= 11 is 1.59. The van der Waals surface area contributed by atoms with E-state index in [9.17, 15) is 9.59 Å². The molecule has 0 saturated heterocycles. The molecule has 0 radical (unpaired) electrons. The van der Waals surface area contributed by atoms with E-state index in [0.29, 0.717) is 17.3 Å². The number of nitrogens with zero attached hydrogens (tertiary/aromatic N) is 3. The minimum absolute atomic E-state index is 0.0625. The Kier molecular flexibility index (Phi) is 6.03. The number of fused-ring (bicyclic) bond motifs is 2. The Hall–Kier alpha value is -3.91. The van der Waals surface area contributed by atoms with Gasteiger partial charge in [0.05, 0.1) is 17.8 Å². The number of carbonyl (C=O) groups is 2. The molecule has 1 saturated carbocycles. The quantitative estimate of drug-likeness (QED) is 0.380. The fourth-order valence-electron chi connectivity index (χ4n) is 4.84. The van der Waals surface area contributed by atoms with E-state index in [1.807, 2.05) is 65.6 Å². The van der Waals surface area contributed by atoms with Crippen molar-refractivity contribution in [3.05, 3.63) is 89.8 Å². The standard InChI is InChI=1S/C28H24N4O3S/c33-27(18-8-2-1-3-9-18)29-17-25-30-26(31-35-25)19-14-15-22-24(16-19)36-23-13-7-6-12-21(23)28(34)32(22)20-10-4-5-11-20/h1-3,6-9,12-16,20H,4-5,10-11,17H2,(H,29,33). The normalized spacial score (nSPS) is 15.3. The topological polar surface area (TPSA) is 88.3 Å². The molecule has 180 valence electrons. The summed E-state index contributed by atoms with van der Waals surface area (Å²) in [6, 6.07) is 22.9. The predicted molar refractivity (Wildman–Crippen MR) is 137 cm³/mol. The third-order valence-electron chi connectivity index (χ3n) is 6.63. The van der Waals surface area contributed by atoms with Gasteiger partial charge in [0, 0.05) is 27.0 Å². The summed E-state index contributed by atoms with van der Waals surface area (Å²) in [6.45, 7) is 0.137. The lowest BCUT2D eigenvalue weighted by atomic mass is 10.1. The molecule has 1 aromatic heterocycles. The van der Waals surface area contributed by atoms with Crippen LogP contribution < -0.4 is 10.2 Å². The Labute approximate surface area is 212 Å². The number of aromatic nitrogens is 2. The molecular formula is C28H24N4O3S. The smallest absolute Gasteiger partial charge is 0.259 e. The first-order valence-corrected chi connectivity index (χ1v) is 12.9. The van der Waals surface area contributed by atoms with Gasteiger partial charge in [0.15, 0.2) is 0 Å². The van der Waals surface area contributed by atoms with Crippen LogP contribution in [0.15, 0.2) is 87.1 Å². The highest BCUT2D eigenvalue weighted by Crippen LogP contribution is 2.45. The molecule has 3 aromatic carbocycles. The van der Waals surface area contributed by atoms with E-state index < -0.39 is 0 Å². The second kappa shape index (κ2) is 9.62. The monoisotopic (exact) mass is 496 g/mol. The Morgan fingerprint density at radius 2 is 1.78 bits per heavy atom. The van der Waals surface area contributed by atoms with E-state index in [1.165, 1.54) is 0 Å². The maximum absolute atomic E-state index is 13.6. The highest BCUT2D eigenvalue weighted by atomic mass is 32.2. The van der Waals surface area contributed by atoms with Crippen molar-refractivity contribution < 1.29 is 14.1 Å². The van der Waals surface area contributed by atoms with E-state index in [1.54, 1.807) is 23.9 Å². The third kappa shape index (κ3) is 4.28. The van der Waals surface area contributed by atoms with Crippen molar-refractivity contribution >= 4 is 29.3 Å². The van der Waals surface area contributed by atoms with Crippen LogP contribution in [0.2, 0.25) is 0 Å². The van der Waals surface area contributed by atoms with Crippen LogP contribution >= 0.6 is 11.8 Å². The fourth-order valence-corrected chi connectivity index (χ4v) is 5.95. The SMILES string of the molecule is O=C(NCc1nc(-c2ccc3c(c2)Sc2ccccc2C(=O)N3C2CCCC2)no1)c1ccccc1. The average Bonchev–Trinajstić information content (AvgIpc) is 3.60. The first kappa shape index (κ1) is 22.5. The van der Waals surface area contributed by atoms with Crippen molar-refractivity contribution in [2.75, 3.05) is 4.90 Å². The summed E-state index contributed by atoms with van der Waals surface area (Å²) in [5, 5.41) is 6.95. The van der Waals surface area contributed by atoms with Gasteiger partial charge in [-0.25, -0.2) is 0 Å². The molecule has 1 aliphatic carbocycles. The van der Waals surface area contributed by atoms with E-state index in [2.05, 4.69) is 15.5 Å². The summed E-state index contributed by atoms with van der Waals surface area (Å²) in [5.74, 6) is 0.628. The number of hydrogen-bond donors (Lipinski definition) is 1. The molecule has 0 unspecified atom stereocenters. The second-order valence-electron chi connectivity index (χ2n) is 8.95. The molecule has 2 aliphatic rings. The number of benzene rings is 3. The van der Waals surface area contributed by atoms with Gasteiger partial charge in [0.25, 0.3) is 11.8 Å². The first-order chi connectivity index (χ1) is 17.7. The van der Waals surface area contributed by atoms with Gasteiger partial charge in [-0.05, 0) is 55.3 Å². The lowest BCUT2D eigenvalue weighted by Crippen LogP contribution is -2.39. The molecule has 1 fully saturated rings. The number of anilines is 1. The lowest BCUT2D eigenvalue weighted by Gasteiger charge is -2.29. The molecule has 6 rings (SSSR count). The highest BCUT2D eigenvalue weighted by molar-refractivity contribution is 7.99.